The first-order valence-corrected chi connectivity index (χ1v) is 9.91. The zero-order valence-corrected chi connectivity index (χ0v) is 16.6. The predicted molar refractivity (Wildman–Crippen MR) is 110 cm³/mol. The van der Waals surface area contributed by atoms with Crippen molar-refractivity contribution in [3.05, 3.63) is 82.8 Å². The summed E-state index contributed by atoms with van der Waals surface area (Å²) in [6, 6.07) is 19.1. The molecule has 1 fully saturated rings. The number of benzene rings is 1. The number of aryl methyl sites for hydroxylation is 1. The normalized spacial score (nSPS) is 25.5. The Hall–Kier alpha value is -3.70. The molecule has 6 nitrogen and oxygen atoms in total. The summed E-state index contributed by atoms with van der Waals surface area (Å²) in [6.45, 7) is 1.97. The maximum Gasteiger partial charge on any atom is 0.217 e. The van der Waals surface area contributed by atoms with Crippen LogP contribution in [-0.2, 0) is 0 Å². The topological polar surface area (TPSA) is 108 Å². The van der Waals surface area contributed by atoms with Gasteiger partial charge >= 0.3 is 0 Å². The van der Waals surface area contributed by atoms with E-state index >= 15 is 0 Å². The number of nitriles is 2. The molecule has 1 saturated carbocycles. The third-order valence-corrected chi connectivity index (χ3v) is 6.04. The van der Waals surface area contributed by atoms with E-state index in [1.165, 1.54) is 0 Å². The van der Waals surface area contributed by atoms with E-state index < -0.39 is 17.7 Å². The van der Waals surface area contributed by atoms with Gasteiger partial charge in [0.2, 0.25) is 11.8 Å². The minimum Gasteiger partial charge on any atom is -0.365 e. The third kappa shape index (κ3) is 3.09. The third-order valence-electron chi connectivity index (χ3n) is 6.04. The molecule has 1 aromatic carbocycles. The van der Waals surface area contributed by atoms with E-state index in [0.29, 0.717) is 5.57 Å². The molecule has 6 heteroatoms. The summed E-state index contributed by atoms with van der Waals surface area (Å²) in [4.78, 5) is 0. The maximum absolute atomic E-state index is 12.0. The van der Waals surface area contributed by atoms with E-state index in [1.54, 1.807) is 0 Å². The van der Waals surface area contributed by atoms with Gasteiger partial charge in [0.25, 0.3) is 0 Å². The Morgan fingerprint density at radius 2 is 1.87 bits per heavy atom. The smallest absolute Gasteiger partial charge is 0.217 e. The van der Waals surface area contributed by atoms with E-state index in [2.05, 4.69) is 17.3 Å². The maximum atomic E-state index is 12.0. The minimum atomic E-state index is -1.38. The molecule has 0 bridgehead atoms. The van der Waals surface area contributed by atoms with Crippen molar-refractivity contribution < 1.29 is 9.67 Å². The molecule has 0 amide bonds. The Balaban J connectivity index is 2.06. The average Bonchev–Trinajstić information content (AvgIpc) is 3.62. The van der Waals surface area contributed by atoms with Gasteiger partial charge in [0.05, 0.1) is 23.3 Å². The molecule has 3 atom stereocenters. The van der Waals surface area contributed by atoms with Gasteiger partial charge in [-0.3, -0.25) is 5.41 Å². The summed E-state index contributed by atoms with van der Waals surface area (Å²) in [5.41, 5.74) is 0.877. The summed E-state index contributed by atoms with van der Waals surface area (Å²) in [7, 11) is 0. The van der Waals surface area contributed by atoms with Crippen molar-refractivity contribution in [2.45, 2.75) is 37.5 Å². The van der Waals surface area contributed by atoms with Crippen molar-refractivity contribution in [2.24, 2.45) is 5.92 Å². The zero-order chi connectivity index (χ0) is 21.3. The van der Waals surface area contributed by atoms with Crippen LogP contribution in [0.25, 0.3) is 0 Å². The molecule has 1 aliphatic carbocycles. The Kier molecular flexibility index (Phi) is 4.98. The number of nitrogens with zero attached hydrogens (tertiary/aromatic N) is 3. The van der Waals surface area contributed by atoms with Crippen LogP contribution in [0.2, 0.25) is 0 Å². The van der Waals surface area contributed by atoms with Gasteiger partial charge in [-0.25, -0.2) is 0 Å². The fraction of sp³-hybridized carbons (Fsp3) is 0.292. The second kappa shape index (κ2) is 7.61. The molecule has 3 N–H and O–H groups in total. The lowest BCUT2D eigenvalue weighted by Crippen LogP contribution is -2.66. The lowest BCUT2D eigenvalue weighted by molar-refractivity contribution is -0.747. The van der Waals surface area contributed by atoms with Crippen LogP contribution in [0, 0.1) is 40.9 Å². The van der Waals surface area contributed by atoms with Gasteiger partial charge in [-0.1, -0.05) is 36.4 Å². The van der Waals surface area contributed by atoms with Crippen molar-refractivity contribution in [3.8, 4) is 12.1 Å². The van der Waals surface area contributed by atoms with Gasteiger partial charge in [0.15, 0.2) is 11.9 Å². The minimum absolute atomic E-state index is 0.0262. The van der Waals surface area contributed by atoms with Crippen LogP contribution in [0.5, 0.6) is 0 Å². The van der Waals surface area contributed by atoms with Gasteiger partial charge in [-0.05, 0) is 24.3 Å². The molecule has 30 heavy (non-hydrogen) atoms. The van der Waals surface area contributed by atoms with Crippen LogP contribution in [0.15, 0.2) is 71.6 Å². The number of hydrogen-bond acceptors (Lipinski definition) is 5. The quantitative estimate of drug-likeness (QED) is 0.419. The number of aliphatic hydroxyl groups is 1. The van der Waals surface area contributed by atoms with Crippen molar-refractivity contribution in [2.75, 3.05) is 0 Å². The van der Waals surface area contributed by atoms with Crippen LogP contribution < -0.4 is 9.88 Å². The highest BCUT2D eigenvalue weighted by atomic mass is 16.3. The van der Waals surface area contributed by atoms with E-state index in [-0.39, 0.29) is 17.2 Å². The first kappa shape index (κ1) is 19.6. The van der Waals surface area contributed by atoms with Crippen LogP contribution >= 0.6 is 0 Å². The number of allylic oxidation sites excluding steroid dienone is 2. The molecule has 1 aliphatic heterocycles. The number of nitrogens with one attached hydrogen (secondary N) is 2. The number of pyridine rings is 1. The van der Waals surface area contributed by atoms with Crippen LogP contribution in [0.3, 0.4) is 0 Å². The SMILES string of the molecule is Cc1cccc[n+]1[C@@H]1[C@H](c2ccccc2)C(C#N)=C(C(=C=N)C#N)N[C@]1(O)C1CC1. The molecule has 148 valence electrons. The predicted octanol–water partition coefficient (Wildman–Crippen LogP) is 2.79. The average molecular weight is 396 g/mol. The summed E-state index contributed by atoms with van der Waals surface area (Å²) in [6.07, 6.45) is 3.61. The molecular weight excluding hydrogens is 374 g/mol. The highest BCUT2D eigenvalue weighted by Crippen LogP contribution is 2.52. The molecule has 2 aromatic rings. The van der Waals surface area contributed by atoms with Crippen LogP contribution in [0.4, 0.5) is 0 Å². The Labute approximate surface area is 175 Å². The number of rotatable bonds is 4. The molecule has 0 unspecified atom stereocenters. The fourth-order valence-electron chi connectivity index (χ4n) is 4.48. The number of hydrogen-bond donors (Lipinski definition) is 3. The Morgan fingerprint density at radius 3 is 2.43 bits per heavy atom. The standard InChI is InChI=1S/C24H22N5O/c1-16-7-5-6-12-29(16)23-21(17-8-3-2-4-9-17)20(15-27)22(18(13-25)14-26)28-24(23,30)19-10-11-19/h2-9,12,19,21,23,25,28,30H,10-11H2,1H3/q+1/t21-,23-,24+/m1/s1. The fourth-order valence-corrected chi connectivity index (χ4v) is 4.48. The molecular formula is C24H22N5O+. The Morgan fingerprint density at radius 1 is 1.17 bits per heavy atom. The Bertz CT molecular complexity index is 1150. The van der Waals surface area contributed by atoms with Crippen molar-refractivity contribution in [3.63, 3.8) is 0 Å². The summed E-state index contributed by atoms with van der Waals surface area (Å²) in [5, 5.41) is 42.4. The highest BCUT2D eigenvalue weighted by molar-refractivity contribution is 5.71. The molecule has 0 radical (unpaired) electrons. The van der Waals surface area contributed by atoms with Gasteiger partial charge in [-0.2, -0.15) is 15.1 Å². The first-order chi connectivity index (χ1) is 14.5. The summed E-state index contributed by atoms with van der Waals surface area (Å²) in [5.74, 6) is 1.61. The lowest BCUT2D eigenvalue weighted by atomic mass is 9.73. The highest BCUT2D eigenvalue weighted by Gasteiger charge is 2.61. The summed E-state index contributed by atoms with van der Waals surface area (Å²) >= 11 is 0. The lowest BCUT2D eigenvalue weighted by Gasteiger charge is -2.43. The van der Waals surface area contributed by atoms with E-state index in [1.807, 2.05) is 72.3 Å². The van der Waals surface area contributed by atoms with Gasteiger partial charge in [-0.15, -0.1) is 0 Å². The molecule has 1 aromatic heterocycles. The van der Waals surface area contributed by atoms with Gasteiger partial charge in [0, 0.05) is 25.0 Å². The molecule has 2 aliphatic rings. The van der Waals surface area contributed by atoms with Gasteiger partial charge < -0.3 is 10.4 Å². The van der Waals surface area contributed by atoms with Crippen LogP contribution in [0.1, 0.15) is 36.1 Å². The van der Waals surface area contributed by atoms with Crippen LogP contribution in [-0.4, -0.2) is 16.7 Å². The largest absolute Gasteiger partial charge is 0.365 e. The number of aromatic nitrogens is 1. The van der Waals surface area contributed by atoms with Gasteiger partial charge in [0.1, 0.15) is 11.6 Å². The van der Waals surface area contributed by atoms with Crippen molar-refractivity contribution >= 4 is 5.87 Å². The zero-order valence-electron chi connectivity index (χ0n) is 16.6. The van der Waals surface area contributed by atoms with Crippen molar-refractivity contribution in [1.29, 1.82) is 15.9 Å². The molecule has 0 saturated heterocycles. The van der Waals surface area contributed by atoms with Crippen molar-refractivity contribution in [1.82, 2.24) is 5.32 Å². The summed E-state index contributed by atoms with van der Waals surface area (Å²) < 4.78 is 2.01. The molecule has 0 spiro atoms. The second-order valence-electron chi connectivity index (χ2n) is 7.82. The molecule has 2 heterocycles. The first-order valence-electron chi connectivity index (χ1n) is 9.91. The van der Waals surface area contributed by atoms with E-state index in [4.69, 9.17) is 5.41 Å². The molecule has 4 rings (SSSR count). The second-order valence-corrected chi connectivity index (χ2v) is 7.82. The van der Waals surface area contributed by atoms with E-state index in [9.17, 15) is 15.6 Å². The monoisotopic (exact) mass is 396 g/mol. The van der Waals surface area contributed by atoms with E-state index in [0.717, 1.165) is 24.1 Å².